The lowest BCUT2D eigenvalue weighted by molar-refractivity contribution is 0.250. The summed E-state index contributed by atoms with van der Waals surface area (Å²) in [6.07, 6.45) is 0. The van der Waals surface area contributed by atoms with E-state index < -0.39 is 0 Å². The molecule has 0 aliphatic heterocycles. The summed E-state index contributed by atoms with van der Waals surface area (Å²) in [7, 11) is 0. The van der Waals surface area contributed by atoms with E-state index in [1.165, 1.54) is 0 Å². The first-order chi connectivity index (χ1) is 7.11. The van der Waals surface area contributed by atoms with Gasteiger partial charge in [0.05, 0.1) is 0 Å². The zero-order valence-electron chi connectivity index (χ0n) is 9.08. The number of amides is 2. The number of carbonyl (C=O) groups excluding carboxylic acids is 1. The summed E-state index contributed by atoms with van der Waals surface area (Å²) in [5.74, 6) is 0. The van der Waals surface area contributed by atoms with Crippen molar-refractivity contribution in [2.75, 3.05) is 5.32 Å². The second-order valence-corrected chi connectivity index (χ2v) is 3.66. The minimum atomic E-state index is -0.195. The van der Waals surface area contributed by atoms with Gasteiger partial charge >= 0.3 is 6.03 Å². The lowest BCUT2D eigenvalue weighted by atomic mass is 10.2. The van der Waals surface area contributed by atoms with Crippen molar-refractivity contribution >= 4 is 11.7 Å². The normalized spacial score (nSPS) is 10.1. The highest BCUT2D eigenvalue weighted by Gasteiger charge is 2.02. The van der Waals surface area contributed by atoms with Gasteiger partial charge in [0.2, 0.25) is 0 Å². The fourth-order valence-electron chi connectivity index (χ4n) is 1.21. The van der Waals surface area contributed by atoms with Crippen molar-refractivity contribution in [3.63, 3.8) is 0 Å². The molecule has 82 valence electrons. The number of carbonyl (C=O) groups is 1. The van der Waals surface area contributed by atoms with Gasteiger partial charge in [-0.3, -0.25) is 0 Å². The van der Waals surface area contributed by atoms with Crippen LogP contribution in [0.1, 0.15) is 19.4 Å². The Morgan fingerprint density at radius 2 is 2.20 bits per heavy atom. The van der Waals surface area contributed by atoms with Crippen LogP contribution in [0.15, 0.2) is 24.3 Å². The topological polar surface area (TPSA) is 67.2 Å². The molecule has 0 unspecified atom stereocenters. The molecule has 0 aromatic heterocycles. The van der Waals surface area contributed by atoms with Crippen LogP contribution in [0, 0.1) is 0 Å². The standard InChI is InChI=1S/C11H17N3O/c1-8(2)13-11(15)14-10-5-3-4-9(6-10)7-12/h3-6,8H,7,12H2,1-2H3,(H2,13,14,15). The first-order valence-electron chi connectivity index (χ1n) is 4.98. The van der Waals surface area contributed by atoms with E-state index in [0.717, 1.165) is 11.3 Å². The average Bonchev–Trinajstić information content (AvgIpc) is 2.16. The van der Waals surface area contributed by atoms with Gasteiger partial charge in [-0.05, 0) is 31.5 Å². The molecule has 0 radical (unpaired) electrons. The van der Waals surface area contributed by atoms with E-state index in [1.807, 2.05) is 38.1 Å². The summed E-state index contributed by atoms with van der Waals surface area (Å²) in [6, 6.07) is 7.42. The number of rotatable bonds is 3. The number of anilines is 1. The number of urea groups is 1. The van der Waals surface area contributed by atoms with Crippen LogP contribution in [0.5, 0.6) is 0 Å². The van der Waals surface area contributed by atoms with Crippen LogP contribution in [0.3, 0.4) is 0 Å². The Bertz CT molecular complexity index is 336. The predicted molar refractivity (Wildman–Crippen MR) is 61.6 cm³/mol. The maximum absolute atomic E-state index is 11.4. The molecule has 0 heterocycles. The summed E-state index contributed by atoms with van der Waals surface area (Å²) in [6.45, 7) is 4.30. The average molecular weight is 207 g/mol. The Kier molecular flexibility index (Phi) is 4.12. The van der Waals surface area contributed by atoms with E-state index in [0.29, 0.717) is 6.54 Å². The quantitative estimate of drug-likeness (QED) is 0.705. The molecule has 1 rings (SSSR count). The summed E-state index contributed by atoms with van der Waals surface area (Å²) >= 11 is 0. The van der Waals surface area contributed by atoms with Gasteiger partial charge in [0, 0.05) is 18.3 Å². The third-order valence-electron chi connectivity index (χ3n) is 1.84. The Hall–Kier alpha value is -1.55. The maximum Gasteiger partial charge on any atom is 0.319 e. The summed E-state index contributed by atoms with van der Waals surface area (Å²) in [5.41, 5.74) is 7.26. The lowest BCUT2D eigenvalue weighted by Crippen LogP contribution is -2.34. The molecule has 0 saturated carbocycles. The Balaban J connectivity index is 2.60. The van der Waals surface area contributed by atoms with Crippen LogP contribution in [0.25, 0.3) is 0 Å². The molecule has 2 amide bonds. The highest BCUT2D eigenvalue weighted by atomic mass is 16.2. The molecule has 4 heteroatoms. The minimum Gasteiger partial charge on any atom is -0.336 e. The van der Waals surface area contributed by atoms with Crippen LogP contribution >= 0.6 is 0 Å². The molecule has 4 nitrogen and oxygen atoms in total. The zero-order chi connectivity index (χ0) is 11.3. The number of benzene rings is 1. The van der Waals surface area contributed by atoms with Gasteiger partial charge in [-0.2, -0.15) is 0 Å². The van der Waals surface area contributed by atoms with Gasteiger partial charge in [0.15, 0.2) is 0 Å². The predicted octanol–water partition coefficient (Wildman–Crippen LogP) is 1.68. The van der Waals surface area contributed by atoms with E-state index in [4.69, 9.17) is 5.73 Å². The molecule has 0 spiro atoms. The Morgan fingerprint density at radius 3 is 2.80 bits per heavy atom. The second-order valence-electron chi connectivity index (χ2n) is 3.66. The molecule has 0 atom stereocenters. The smallest absolute Gasteiger partial charge is 0.319 e. The minimum absolute atomic E-state index is 0.127. The maximum atomic E-state index is 11.4. The van der Waals surface area contributed by atoms with E-state index in [9.17, 15) is 4.79 Å². The van der Waals surface area contributed by atoms with Gasteiger partial charge < -0.3 is 16.4 Å². The van der Waals surface area contributed by atoms with Gasteiger partial charge in [-0.15, -0.1) is 0 Å². The van der Waals surface area contributed by atoms with Crippen LogP contribution in [0.4, 0.5) is 10.5 Å². The summed E-state index contributed by atoms with van der Waals surface area (Å²) < 4.78 is 0. The van der Waals surface area contributed by atoms with Gasteiger partial charge in [-0.1, -0.05) is 12.1 Å². The third-order valence-corrected chi connectivity index (χ3v) is 1.84. The van der Waals surface area contributed by atoms with Crippen LogP contribution in [-0.4, -0.2) is 12.1 Å². The third kappa shape index (κ3) is 3.99. The summed E-state index contributed by atoms with van der Waals surface area (Å²) in [5, 5.41) is 5.49. The van der Waals surface area contributed by atoms with E-state index >= 15 is 0 Å². The molecule has 1 aromatic carbocycles. The van der Waals surface area contributed by atoms with Crippen molar-refractivity contribution in [2.24, 2.45) is 5.73 Å². The van der Waals surface area contributed by atoms with Crippen molar-refractivity contribution in [2.45, 2.75) is 26.4 Å². The fraction of sp³-hybridized carbons (Fsp3) is 0.364. The molecule has 0 aliphatic carbocycles. The first-order valence-corrected chi connectivity index (χ1v) is 4.98. The molecular weight excluding hydrogens is 190 g/mol. The molecule has 1 aromatic rings. The highest BCUT2D eigenvalue weighted by Crippen LogP contribution is 2.09. The van der Waals surface area contributed by atoms with E-state index in [1.54, 1.807) is 0 Å². The summed E-state index contributed by atoms with van der Waals surface area (Å²) in [4.78, 5) is 11.4. The number of hydrogen-bond donors (Lipinski definition) is 3. The molecule has 0 saturated heterocycles. The number of hydrogen-bond acceptors (Lipinski definition) is 2. The molecule has 0 bridgehead atoms. The van der Waals surface area contributed by atoms with Crippen molar-refractivity contribution in [3.05, 3.63) is 29.8 Å². The van der Waals surface area contributed by atoms with Crippen molar-refractivity contribution in [3.8, 4) is 0 Å². The molecule has 0 fully saturated rings. The van der Waals surface area contributed by atoms with Crippen LogP contribution in [-0.2, 0) is 6.54 Å². The molecule has 0 aliphatic rings. The Labute approximate surface area is 89.9 Å². The molecule has 4 N–H and O–H groups in total. The van der Waals surface area contributed by atoms with Gasteiger partial charge in [0.25, 0.3) is 0 Å². The first kappa shape index (κ1) is 11.5. The number of nitrogens with two attached hydrogens (primary N) is 1. The highest BCUT2D eigenvalue weighted by molar-refractivity contribution is 5.89. The van der Waals surface area contributed by atoms with Crippen LogP contribution in [0.2, 0.25) is 0 Å². The van der Waals surface area contributed by atoms with Crippen LogP contribution < -0.4 is 16.4 Å². The Morgan fingerprint density at radius 1 is 1.47 bits per heavy atom. The van der Waals surface area contributed by atoms with Gasteiger partial charge in [-0.25, -0.2) is 4.79 Å². The number of nitrogens with one attached hydrogen (secondary N) is 2. The molecular formula is C11H17N3O. The fourth-order valence-corrected chi connectivity index (χ4v) is 1.21. The van der Waals surface area contributed by atoms with Crippen molar-refractivity contribution < 1.29 is 4.79 Å². The van der Waals surface area contributed by atoms with Gasteiger partial charge in [0.1, 0.15) is 0 Å². The van der Waals surface area contributed by atoms with E-state index in [2.05, 4.69) is 10.6 Å². The van der Waals surface area contributed by atoms with Crippen molar-refractivity contribution in [1.29, 1.82) is 0 Å². The van der Waals surface area contributed by atoms with Crippen molar-refractivity contribution in [1.82, 2.24) is 5.32 Å². The molecule has 15 heavy (non-hydrogen) atoms. The monoisotopic (exact) mass is 207 g/mol. The second kappa shape index (κ2) is 5.36. The lowest BCUT2D eigenvalue weighted by Gasteiger charge is -2.10. The SMILES string of the molecule is CC(C)NC(=O)Nc1cccc(CN)c1. The van der Waals surface area contributed by atoms with E-state index in [-0.39, 0.29) is 12.1 Å². The zero-order valence-corrected chi connectivity index (χ0v) is 9.08. The largest absolute Gasteiger partial charge is 0.336 e.